The van der Waals surface area contributed by atoms with Crippen LogP contribution in [0.15, 0.2) is 35.3 Å². The number of piperidine rings is 1. The van der Waals surface area contributed by atoms with Gasteiger partial charge in [0.2, 0.25) is 5.91 Å². The Hall–Kier alpha value is -2.54. The summed E-state index contributed by atoms with van der Waals surface area (Å²) in [5.74, 6) is 1.42. The highest BCUT2D eigenvalue weighted by Crippen LogP contribution is 2.27. The molecule has 1 amide bonds. The van der Waals surface area contributed by atoms with E-state index in [4.69, 9.17) is 4.98 Å². The van der Waals surface area contributed by atoms with Crippen LogP contribution in [0.5, 0.6) is 0 Å². The van der Waals surface area contributed by atoms with Crippen LogP contribution in [-0.4, -0.2) is 63.0 Å². The van der Waals surface area contributed by atoms with E-state index in [2.05, 4.69) is 16.8 Å². The number of nitrogens with zero attached hydrogens (tertiary/aromatic N) is 5. The van der Waals surface area contributed by atoms with Gasteiger partial charge < -0.3 is 4.90 Å². The molecular weight excluding hydrogens is 402 g/mol. The predicted octanol–water partition coefficient (Wildman–Crippen LogP) is 2.63. The molecule has 4 rings (SSSR count). The molecule has 1 atom stereocenters. The maximum atomic E-state index is 12.8. The molecule has 0 spiro atoms. The first-order chi connectivity index (χ1) is 15.5. The number of fused-ring (bicyclic) bond motifs is 1. The van der Waals surface area contributed by atoms with Gasteiger partial charge in [0, 0.05) is 56.4 Å². The first kappa shape index (κ1) is 22.6. The van der Waals surface area contributed by atoms with Crippen molar-refractivity contribution in [3.05, 3.63) is 58.0 Å². The average molecular weight is 438 g/mol. The molecule has 0 saturated carbocycles. The molecule has 0 bridgehead atoms. The Balaban J connectivity index is 1.30. The summed E-state index contributed by atoms with van der Waals surface area (Å²) >= 11 is 0. The van der Waals surface area contributed by atoms with E-state index in [1.165, 1.54) is 6.42 Å². The number of carbonyl (C=O) groups excluding carboxylic acids is 1. The molecular formula is C25H35N5O2. The van der Waals surface area contributed by atoms with Gasteiger partial charge in [-0.1, -0.05) is 12.5 Å². The van der Waals surface area contributed by atoms with Gasteiger partial charge in [-0.2, -0.15) is 0 Å². The van der Waals surface area contributed by atoms with E-state index in [-0.39, 0.29) is 17.5 Å². The van der Waals surface area contributed by atoms with Crippen LogP contribution in [0.3, 0.4) is 0 Å². The lowest BCUT2D eigenvalue weighted by atomic mass is 9.93. The topological polar surface area (TPSA) is 71.3 Å². The quantitative estimate of drug-likeness (QED) is 0.695. The highest BCUT2D eigenvalue weighted by molar-refractivity contribution is 5.78. The summed E-state index contributed by atoms with van der Waals surface area (Å²) in [5.41, 5.74) is 2.06. The van der Waals surface area contributed by atoms with Crippen LogP contribution in [0.25, 0.3) is 0 Å². The summed E-state index contributed by atoms with van der Waals surface area (Å²) in [7, 11) is 1.88. The van der Waals surface area contributed by atoms with Crippen LogP contribution in [0.4, 0.5) is 0 Å². The lowest BCUT2D eigenvalue weighted by Gasteiger charge is -2.33. The molecule has 0 aromatic carbocycles. The zero-order valence-electron chi connectivity index (χ0n) is 19.4. The van der Waals surface area contributed by atoms with Crippen molar-refractivity contribution < 1.29 is 4.79 Å². The van der Waals surface area contributed by atoms with Crippen LogP contribution in [0, 0.1) is 0 Å². The summed E-state index contributed by atoms with van der Waals surface area (Å²) in [6.45, 7) is 5.03. The Morgan fingerprint density at radius 3 is 2.75 bits per heavy atom. The Morgan fingerprint density at radius 1 is 1.19 bits per heavy atom. The molecule has 1 fully saturated rings. The predicted molar refractivity (Wildman–Crippen MR) is 125 cm³/mol. The van der Waals surface area contributed by atoms with Crippen LogP contribution >= 0.6 is 0 Å². The van der Waals surface area contributed by atoms with Gasteiger partial charge in [-0.15, -0.1) is 0 Å². The summed E-state index contributed by atoms with van der Waals surface area (Å²) in [5, 5.41) is 0. The van der Waals surface area contributed by atoms with Crippen molar-refractivity contribution in [2.45, 2.75) is 70.4 Å². The Kier molecular flexibility index (Phi) is 7.35. The lowest BCUT2D eigenvalue weighted by Crippen LogP contribution is -2.45. The molecule has 0 radical (unpaired) electrons. The Labute approximate surface area is 190 Å². The standard InChI is InChI=1S/C25H35N5O2/c1-19(16-21-8-5-6-12-26-21)28(2)25(32)18-29-14-10-20(11-15-29)22-17-24(31)30-13-7-3-4-9-23(30)27-22/h5-6,8,12,17,19-20H,3-4,7,9-11,13-16,18H2,1-2H3. The van der Waals surface area contributed by atoms with E-state index in [1.807, 2.05) is 34.7 Å². The fraction of sp³-hybridized carbons (Fsp3) is 0.600. The third kappa shape index (κ3) is 5.44. The molecule has 32 heavy (non-hydrogen) atoms. The van der Waals surface area contributed by atoms with Gasteiger partial charge in [-0.3, -0.25) is 24.0 Å². The zero-order chi connectivity index (χ0) is 22.5. The van der Waals surface area contributed by atoms with Crippen molar-refractivity contribution in [1.29, 1.82) is 0 Å². The molecule has 7 nitrogen and oxygen atoms in total. The molecule has 0 N–H and O–H groups in total. The molecule has 1 saturated heterocycles. The van der Waals surface area contributed by atoms with Gasteiger partial charge in [0.25, 0.3) is 5.56 Å². The largest absolute Gasteiger partial charge is 0.342 e. The van der Waals surface area contributed by atoms with Crippen molar-refractivity contribution in [3.63, 3.8) is 0 Å². The van der Waals surface area contributed by atoms with Crippen LogP contribution in [0.1, 0.15) is 62.2 Å². The number of likely N-dealkylation sites (N-methyl/N-ethyl adjacent to an activating group) is 1. The van der Waals surface area contributed by atoms with E-state index in [1.54, 1.807) is 12.3 Å². The van der Waals surface area contributed by atoms with Crippen LogP contribution < -0.4 is 5.56 Å². The van der Waals surface area contributed by atoms with E-state index in [9.17, 15) is 9.59 Å². The second-order valence-corrected chi connectivity index (χ2v) is 9.33. The van der Waals surface area contributed by atoms with E-state index < -0.39 is 0 Å². The number of amides is 1. The number of rotatable bonds is 6. The number of hydrogen-bond donors (Lipinski definition) is 0. The molecule has 2 aliphatic rings. The fourth-order valence-electron chi connectivity index (χ4n) is 4.84. The molecule has 2 aromatic rings. The molecule has 172 valence electrons. The van der Waals surface area contributed by atoms with Gasteiger partial charge >= 0.3 is 0 Å². The number of aromatic nitrogens is 3. The van der Waals surface area contributed by atoms with Crippen molar-refractivity contribution in [1.82, 2.24) is 24.3 Å². The molecule has 2 aliphatic heterocycles. The second-order valence-electron chi connectivity index (χ2n) is 9.33. The van der Waals surface area contributed by atoms with Crippen molar-refractivity contribution in [2.24, 2.45) is 0 Å². The Bertz CT molecular complexity index is 966. The minimum atomic E-state index is 0.103. The smallest absolute Gasteiger partial charge is 0.253 e. The number of hydrogen-bond acceptors (Lipinski definition) is 5. The van der Waals surface area contributed by atoms with Crippen molar-refractivity contribution >= 4 is 5.91 Å². The summed E-state index contributed by atoms with van der Waals surface area (Å²) in [6.07, 6.45) is 8.68. The molecule has 2 aromatic heterocycles. The molecule has 0 aliphatic carbocycles. The minimum absolute atomic E-state index is 0.103. The van der Waals surface area contributed by atoms with E-state index in [0.717, 1.165) is 75.4 Å². The summed E-state index contributed by atoms with van der Waals surface area (Å²) in [6, 6.07) is 7.75. The maximum absolute atomic E-state index is 12.8. The molecule has 7 heteroatoms. The number of aryl methyl sites for hydroxylation is 1. The van der Waals surface area contributed by atoms with E-state index in [0.29, 0.717) is 12.5 Å². The third-order valence-electron chi connectivity index (χ3n) is 7.04. The summed E-state index contributed by atoms with van der Waals surface area (Å²) in [4.78, 5) is 38.8. The van der Waals surface area contributed by atoms with Gasteiger partial charge in [0.15, 0.2) is 0 Å². The lowest BCUT2D eigenvalue weighted by molar-refractivity contribution is -0.133. The van der Waals surface area contributed by atoms with E-state index >= 15 is 0 Å². The SMILES string of the molecule is CC(Cc1ccccn1)N(C)C(=O)CN1CCC(c2cc(=O)n3c(n2)CCCCC3)CC1. The number of carbonyl (C=O) groups is 1. The van der Waals surface area contributed by atoms with Crippen molar-refractivity contribution in [2.75, 3.05) is 26.7 Å². The second kappa shape index (κ2) is 10.4. The number of pyridine rings is 1. The Morgan fingerprint density at radius 2 is 2.00 bits per heavy atom. The third-order valence-corrected chi connectivity index (χ3v) is 7.04. The molecule has 4 heterocycles. The average Bonchev–Trinajstić information content (AvgIpc) is 3.05. The van der Waals surface area contributed by atoms with Crippen molar-refractivity contribution in [3.8, 4) is 0 Å². The molecule has 1 unspecified atom stereocenters. The normalized spacial score (nSPS) is 18.6. The fourth-order valence-corrected chi connectivity index (χ4v) is 4.84. The van der Waals surface area contributed by atoms with Crippen LogP contribution in [0.2, 0.25) is 0 Å². The van der Waals surface area contributed by atoms with Gasteiger partial charge in [-0.25, -0.2) is 4.98 Å². The monoisotopic (exact) mass is 437 g/mol. The highest BCUT2D eigenvalue weighted by Gasteiger charge is 2.26. The maximum Gasteiger partial charge on any atom is 0.253 e. The number of likely N-dealkylation sites (tertiary alicyclic amines) is 1. The highest BCUT2D eigenvalue weighted by atomic mass is 16.2. The first-order valence-corrected chi connectivity index (χ1v) is 12.0. The van der Waals surface area contributed by atoms with Gasteiger partial charge in [-0.05, 0) is 57.8 Å². The zero-order valence-corrected chi connectivity index (χ0v) is 19.4. The van der Waals surface area contributed by atoms with Gasteiger partial charge in [0.05, 0.1) is 12.2 Å². The van der Waals surface area contributed by atoms with Crippen LogP contribution in [-0.2, 0) is 24.2 Å². The first-order valence-electron chi connectivity index (χ1n) is 12.0. The minimum Gasteiger partial charge on any atom is -0.342 e. The summed E-state index contributed by atoms with van der Waals surface area (Å²) < 4.78 is 1.87. The van der Waals surface area contributed by atoms with Gasteiger partial charge in [0.1, 0.15) is 5.82 Å².